The molecule has 6 nitrogen and oxygen atoms in total. The number of hydrogen-bond donors (Lipinski definition) is 1. The van der Waals surface area contributed by atoms with E-state index in [1.165, 1.54) is 0 Å². The molecule has 6 heteroatoms. The van der Waals surface area contributed by atoms with Crippen LogP contribution in [0, 0.1) is 0 Å². The van der Waals surface area contributed by atoms with Gasteiger partial charge in [-0.3, -0.25) is 14.8 Å². The number of anilines is 1. The zero-order valence-corrected chi connectivity index (χ0v) is 16.2. The molecule has 2 atom stereocenters. The molecule has 0 aliphatic rings. The summed E-state index contributed by atoms with van der Waals surface area (Å²) in [6, 6.07) is 12.6. The highest BCUT2D eigenvalue weighted by molar-refractivity contribution is 5.98. The van der Waals surface area contributed by atoms with Crippen LogP contribution in [0.1, 0.15) is 49.0 Å². The first-order chi connectivity index (χ1) is 13.5. The molecule has 2 aromatic carbocycles. The minimum Gasteiger partial charge on any atom is -0.449 e. The lowest BCUT2D eigenvalue weighted by molar-refractivity contribution is -0.123. The van der Waals surface area contributed by atoms with Gasteiger partial charge in [0.25, 0.3) is 5.91 Å². The molecule has 28 heavy (non-hydrogen) atoms. The van der Waals surface area contributed by atoms with Gasteiger partial charge in [0.2, 0.25) is 0 Å². The van der Waals surface area contributed by atoms with Crippen LogP contribution in [0.2, 0.25) is 0 Å². The molecule has 144 valence electrons. The van der Waals surface area contributed by atoms with Gasteiger partial charge in [-0.05, 0) is 49.1 Å². The number of amides is 1. The van der Waals surface area contributed by atoms with E-state index in [-0.39, 0.29) is 5.91 Å². The van der Waals surface area contributed by atoms with Gasteiger partial charge in [0.1, 0.15) is 0 Å². The molecule has 1 amide bonds. The second-order valence-electron chi connectivity index (χ2n) is 6.69. The predicted molar refractivity (Wildman–Crippen MR) is 108 cm³/mol. The number of carbonyl (C=O) groups excluding carboxylic acids is 2. The van der Waals surface area contributed by atoms with Crippen LogP contribution < -0.4 is 5.32 Å². The van der Waals surface area contributed by atoms with Crippen LogP contribution in [-0.4, -0.2) is 27.9 Å². The van der Waals surface area contributed by atoms with E-state index in [1.54, 1.807) is 37.5 Å². The summed E-state index contributed by atoms with van der Waals surface area (Å²) in [6.45, 7) is 5.76. The number of fused-ring (bicyclic) bond motifs is 1. The fourth-order valence-corrected chi connectivity index (χ4v) is 2.87. The third-order valence-electron chi connectivity index (χ3n) is 4.72. The molecule has 3 rings (SSSR count). The lowest BCUT2D eigenvalue weighted by Crippen LogP contribution is -2.30. The van der Waals surface area contributed by atoms with Crippen LogP contribution >= 0.6 is 0 Å². The van der Waals surface area contributed by atoms with Gasteiger partial charge >= 0.3 is 5.97 Å². The van der Waals surface area contributed by atoms with Crippen molar-refractivity contribution in [3.8, 4) is 0 Å². The van der Waals surface area contributed by atoms with Crippen molar-refractivity contribution in [2.24, 2.45) is 0 Å². The third kappa shape index (κ3) is 4.34. The van der Waals surface area contributed by atoms with Crippen molar-refractivity contribution in [3.63, 3.8) is 0 Å². The number of aromatic nitrogens is 2. The predicted octanol–water partition coefficient (Wildman–Crippen LogP) is 4.33. The first-order valence-electron chi connectivity index (χ1n) is 9.31. The average molecular weight is 377 g/mol. The molecule has 3 aromatic rings. The molecular weight excluding hydrogens is 354 g/mol. The van der Waals surface area contributed by atoms with E-state index >= 15 is 0 Å². The van der Waals surface area contributed by atoms with E-state index in [0.717, 1.165) is 17.7 Å². The van der Waals surface area contributed by atoms with Crippen LogP contribution in [-0.2, 0) is 9.53 Å². The van der Waals surface area contributed by atoms with E-state index in [1.807, 2.05) is 24.3 Å². The highest BCUT2D eigenvalue weighted by atomic mass is 16.5. The fraction of sp³-hybridized carbons (Fsp3) is 0.273. The molecule has 1 heterocycles. The van der Waals surface area contributed by atoms with Gasteiger partial charge in [-0.25, -0.2) is 4.79 Å². The zero-order chi connectivity index (χ0) is 20.1. The Bertz CT molecular complexity index is 1000. The molecule has 0 saturated heterocycles. The smallest absolute Gasteiger partial charge is 0.338 e. The number of rotatable bonds is 6. The van der Waals surface area contributed by atoms with Crippen LogP contribution in [0.4, 0.5) is 5.69 Å². The summed E-state index contributed by atoms with van der Waals surface area (Å²) in [5.74, 6) is -0.636. The third-order valence-corrected chi connectivity index (χ3v) is 4.72. The number of ether oxygens (including phenoxy) is 1. The molecule has 1 aromatic heterocycles. The Hall–Kier alpha value is -3.28. The van der Waals surface area contributed by atoms with Crippen molar-refractivity contribution in [1.82, 2.24) is 9.97 Å². The van der Waals surface area contributed by atoms with Gasteiger partial charge < -0.3 is 10.1 Å². The molecule has 0 bridgehead atoms. The van der Waals surface area contributed by atoms with Crippen LogP contribution in [0.3, 0.4) is 0 Å². The van der Waals surface area contributed by atoms with Crippen molar-refractivity contribution >= 4 is 28.6 Å². The quantitative estimate of drug-likeness (QED) is 0.647. The van der Waals surface area contributed by atoms with Crippen molar-refractivity contribution in [1.29, 1.82) is 0 Å². The van der Waals surface area contributed by atoms with Crippen molar-refractivity contribution < 1.29 is 14.3 Å². The van der Waals surface area contributed by atoms with E-state index in [2.05, 4.69) is 29.1 Å². The molecule has 0 aliphatic carbocycles. The van der Waals surface area contributed by atoms with E-state index in [4.69, 9.17) is 4.74 Å². The maximum Gasteiger partial charge on any atom is 0.338 e. The maximum absolute atomic E-state index is 12.5. The molecule has 0 aliphatic heterocycles. The number of para-hydroxylation sites is 1. The average Bonchev–Trinajstić information content (AvgIpc) is 2.73. The Morgan fingerprint density at radius 2 is 1.75 bits per heavy atom. The monoisotopic (exact) mass is 377 g/mol. The maximum atomic E-state index is 12.5. The molecule has 1 N–H and O–H groups in total. The number of esters is 1. The SMILES string of the molecule is CC[C@H](C)c1ccccc1NC(=O)[C@H](C)OC(=O)c1ccc2nccnc2c1. The Kier molecular flexibility index (Phi) is 5.99. The molecule has 0 fully saturated rings. The number of nitrogens with zero attached hydrogens (tertiary/aromatic N) is 2. The molecule has 0 radical (unpaired) electrons. The van der Waals surface area contributed by atoms with Gasteiger partial charge in [-0.15, -0.1) is 0 Å². The lowest BCUT2D eigenvalue weighted by atomic mass is 9.97. The number of benzene rings is 2. The van der Waals surface area contributed by atoms with Crippen molar-refractivity contribution in [3.05, 3.63) is 66.0 Å². The standard InChI is InChI=1S/C22H23N3O3/c1-4-14(2)17-7-5-6-8-18(17)25-21(26)15(3)28-22(27)16-9-10-19-20(13-16)24-12-11-23-19/h5-15H,4H2,1-3H3,(H,25,26)/t14-,15-/m0/s1. The summed E-state index contributed by atoms with van der Waals surface area (Å²) in [4.78, 5) is 33.3. The number of hydrogen-bond acceptors (Lipinski definition) is 5. The molecule has 0 spiro atoms. The second-order valence-corrected chi connectivity index (χ2v) is 6.69. The van der Waals surface area contributed by atoms with Crippen LogP contribution in [0.25, 0.3) is 11.0 Å². The van der Waals surface area contributed by atoms with Crippen molar-refractivity contribution in [2.75, 3.05) is 5.32 Å². The highest BCUT2D eigenvalue weighted by Gasteiger charge is 2.21. The minimum absolute atomic E-state index is 0.313. The van der Waals surface area contributed by atoms with Gasteiger partial charge in [0.15, 0.2) is 6.10 Å². The first-order valence-corrected chi connectivity index (χ1v) is 9.31. The summed E-state index contributed by atoms with van der Waals surface area (Å²) in [6.07, 6.45) is 3.17. The summed E-state index contributed by atoms with van der Waals surface area (Å²) in [5.41, 5.74) is 3.41. The van der Waals surface area contributed by atoms with E-state index in [0.29, 0.717) is 22.5 Å². The topological polar surface area (TPSA) is 81.2 Å². The first kappa shape index (κ1) is 19.5. The second kappa shape index (κ2) is 8.61. The van der Waals surface area contributed by atoms with Crippen molar-refractivity contribution in [2.45, 2.75) is 39.2 Å². The lowest BCUT2D eigenvalue weighted by Gasteiger charge is -2.18. The minimum atomic E-state index is -0.935. The Morgan fingerprint density at radius 1 is 1.04 bits per heavy atom. The normalized spacial score (nSPS) is 13.0. The Labute approximate surface area is 164 Å². The van der Waals surface area contributed by atoms with E-state index in [9.17, 15) is 9.59 Å². The van der Waals surface area contributed by atoms with Crippen LogP contribution in [0.15, 0.2) is 54.9 Å². The largest absolute Gasteiger partial charge is 0.449 e. The molecule has 0 saturated carbocycles. The van der Waals surface area contributed by atoms with E-state index < -0.39 is 12.1 Å². The summed E-state index contributed by atoms with van der Waals surface area (Å²) in [5, 5.41) is 2.87. The summed E-state index contributed by atoms with van der Waals surface area (Å²) >= 11 is 0. The highest BCUT2D eigenvalue weighted by Crippen LogP contribution is 2.26. The van der Waals surface area contributed by atoms with Gasteiger partial charge in [-0.2, -0.15) is 0 Å². The molecule has 0 unspecified atom stereocenters. The van der Waals surface area contributed by atoms with Gasteiger partial charge in [-0.1, -0.05) is 32.0 Å². The molecular formula is C22H23N3O3. The number of nitrogens with one attached hydrogen (secondary N) is 1. The van der Waals surface area contributed by atoms with Crippen LogP contribution in [0.5, 0.6) is 0 Å². The number of carbonyl (C=O) groups is 2. The zero-order valence-electron chi connectivity index (χ0n) is 16.2. The van der Waals surface area contributed by atoms with Gasteiger partial charge in [0.05, 0.1) is 16.6 Å². The Morgan fingerprint density at radius 3 is 2.50 bits per heavy atom. The Balaban J connectivity index is 1.69. The van der Waals surface area contributed by atoms with Gasteiger partial charge in [0, 0.05) is 18.1 Å². The summed E-state index contributed by atoms with van der Waals surface area (Å²) < 4.78 is 5.35. The fourth-order valence-electron chi connectivity index (χ4n) is 2.87. The summed E-state index contributed by atoms with van der Waals surface area (Å²) in [7, 11) is 0.